The van der Waals surface area contributed by atoms with Crippen molar-refractivity contribution >= 4 is 5.91 Å². The number of aromatic nitrogens is 1. The number of rotatable bonds is 6. The van der Waals surface area contributed by atoms with Gasteiger partial charge in [-0.15, -0.1) is 0 Å². The van der Waals surface area contributed by atoms with E-state index in [0.29, 0.717) is 25.5 Å². The lowest BCUT2D eigenvalue weighted by Gasteiger charge is -2.28. The van der Waals surface area contributed by atoms with Gasteiger partial charge in [-0.1, -0.05) is 19.0 Å². The molecule has 1 amide bonds. The first-order chi connectivity index (χ1) is 8.39. The van der Waals surface area contributed by atoms with E-state index in [1.54, 1.807) is 25.1 Å². The molecular formula is C12H21N3O3. The van der Waals surface area contributed by atoms with Crippen LogP contribution in [-0.4, -0.2) is 43.2 Å². The van der Waals surface area contributed by atoms with Crippen molar-refractivity contribution < 1.29 is 14.1 Å². The maximum absolute atomic E-state index is 12.1. The predicted molar refractivity (Wildman–Crippen MR) is 67.0 cm³/mol. The van der Waals surface area contributed by atoms with Crippen molar-refractivity contribution in [1.29, 1.82) is 0 Å². The summed E-state index contributed by atoms with van der Waals surface area (Å²) in [5.74, 6) is 0.356. The Morgan fingerprint density at radius 2 is 2.28 bits per heavy atom. The third-order valence-electron chi connectivity index (χ3n) is 2.63. The largest absolute Gasteiger partial charge is 0.377 e. The lowest BCUT2D eigenvalue weighted by molar-refractivity contribution is 0.0729. The SMILES string of the molecule is COCc1cc(C(=O)N(C)CC(C)(C)CN)no1. The summed E-state index contributed by atoms with van der Waals surface area (Å²) in [5.41, 5.74) is 5.82. The van der Waals surface area contributed by atoms with E-state index in [4.69, 9.17) is 15.0 Å². The quantitative estimate of drug-likeness (QED) is 0.816. The molecule has 0 spiro atoms. The van der Waals surface area contributed by atoms with E-state index in [-0.39, 0.29) is 17.0 Å². The molecule has 0 radical (unpaired) electrons. The average Bonchev–Trinajstić information content (AvgIpc) is 2.76. The van der Waals surface area contributed by atoms with Crippen LogP contribution in [0, 0.1) is 5.41 Å². The van der Waals surface area contributed by atoms with Gasteiger partial charge in [0, 0.05) is 26.8 Å². The Hall–Kier alpha value is -1.40. The predicted octanol–water partition coefficient (Wildman–Crippen LogP) is 0.878. The zero-order chi connectivity index (χ0) is 13.8. The molecule has 18 heavy (non-hydrogen) atoms. The maximum atomic E-state index is 12.1. The fraction of sp³-hybridized carbons (Fsp3) is 0.667. The maximum Gasteiger partial charge on any atom is 0.275 e. The lowest BCUT2D eigenvalue weighted by atomic mass is 9.93. The second-order valence-corrected chi connectivity index (χ2v) is 5.14. The number of carbonyl (C=O) groups is 1. The zero-order valence-electron chi connectivity index (χ0n) is 11.4. The highest BCUT2D eigenvalue weighted by Gasteiger charge is 2.23. The molecule has 0 saturated heterocycles. The summed E-state index contributed by atoms with van der Waals surface area (Å²) in [4.78, 5) is 13.7. The molecule has 0 atom stereocenters. The summed E-state index contributed by atoms with van der Waals surface area (Å²) >= 11 is 0. The summed E-state index contributed by atoms with van der Waals surface area (Å²) in [7, 11) is 3.28. The van der Waals surface area contributed by atoms with Crippen LogP contribution in [0.2, 0.25) is 0 Å². The number of hydrogen-bond acceptors (Lipinski definition) is 5. The highest BCUT2D eigenvalue weighted by Crippen LogP contribution is 2.16. The van der Waals surface area contributed by atoms with Crippen molar-refractivity contribution in [3.8, 4) is 0 Å². The van der Waals surface area contributed by atoms with Gasteiger partial charge in [0.2, 0.25) is 0 Å². The molecular weight excluding hydrogens is 234 g/mol. The number of hydrogen-bond donors (Lipinski definition) is 1. The summed E-state index contributed by atoms with van der Waals surface area (Å²) in [6.45, 7) is 5.40. The molecule has 1 aromatic heterocycles. The molecule has 102 valence electrons. The number of methoxy groups -OCH3 is 1. The molecule has 0 aliphatic carbocycles. The van der Waals surface area contributed by atoms with Crippen LogP contribution in [-0.2, 0) is 11.3 Å². The molecule has 2 N–H and O–H groups in total. The fourth-order valence-corrected chi connectivity index (χ4v) is 1.60. The van der Waals surface area contributed by atoms with Crippen molar-refractivity contribution in [3.63, 3.8) is 0 Å². The van der Waals surface area contributed by atoms with Gasteiger partial charge in [0.25, 0.3) is 5.91 Å². The molecule has 1 rings (SSSR count). The van der Waals surface area contributed by atoms with Crippen LogP contribution < -0.4 is 5.73 Å². The third kappa shape index (κ3) is 3.82. The van der Waals surface area contributed by atoms with E-state index in [2.05, 4.69) is 5.16 Å². The monoisotopic (exact) mass is 255 g/mol. The number of ether oxygens (including phenoxy) is 1. The first kappa shape index (κ1) is 14.7. The van der Waals surface area contributed by atoms with Gasteiger partial charge < -0.3 is 19.9 Å². The van der Waals surface area contributed by atoms with Gasteiger partial charge in [-0.3, -0.25) is 4.79 Å². The third-order valence-corrected chi connectivity index (χ3v) is 2.63. The van der Waals surface area contributed by atoms with E-state index in [0.717, 1.165) is 0 Å². The molecule has 0 aromatic carbocycles. The molecule has 1 aromatic rings. The Bertz CT molecular complexity index is 401. The van der Waals surface area contributed by atoms with Crippen LogP contribution in [0.3, 0.4) is 0 Å². The zero-order valence-corrected chi connectivity index (χ0v) is 11.4. The molecule has 0 bridgehead atoms. The van der Waals surface area contributed by atoms with Crippen molar-refractivity contribution in [1.82, 2.24) is 10.1 Å². The van der Waals surface area contributed by atoms with Crippen LogP contribution in [0.25, 0.3) is 0 Å². The summed E-state index contributed by atoms with van der Waals surface area (Å²) in [6, 6.07) is 1.60. The van der Waals surface area contributed by atoms with Crippen LogP contribution in [0.4, 0.5) is 0 Å². The van der Waals surface area contributed by atoms with Crippen LogP contribution in [0.5, 0.6) is 0 Å². The van der Waals surface area contributed by atoms with Gasteiger partial charge in [-0.05, 0) is 12.0 Å². The minimum atomic E-state index is -0.178. The van der Waals surface area contributed by atoms with Crippen molar-refractivity contribution in [2.45, 2.75) is 20.5 Å². The van der Waals surface area contributed by atoms with E-state index in [1.807, 2.05) is 13.8 Å². The standard InChI is InChI=1S/C12H21N3O3/c1-12(2,7-13)8-15(3)11(16)10-5-9(6-17-4)18-14-10/h5H,6-8,13H2,1-4H3. The van der Waals surface area contributed by atoms with Crippen molar-refractivity contribution in [2.24, 2.45) is 11.1 Å². The van der Waals surface area contributed by atoms with Crippen LogP contribution in [0.1, 0.15) is 30.1 Å². The second-order valence-electron chi connectivity index (χ2n) is 5.14. The Morgan fingerprint density at radius 1 is 1.61 bits per heavy atom. The minimum Gasteiger partial charge on any atom is -0.377 e. The Kier molecular flexibility index (Phi) is 4.86. The highest BCUT2D eigenvalue weighted by molar-refractivity contribution is 5.92. The summed E-state index contributed by atoms with van der Waals surface area (Å²) < 4.78 is 9.89. The normalized spacial score (nSPS) is 11.6. The molecule has 0 unspecified atom stereocenters. The van der Waals surface area contributed by atoms with E-state index in [1.165, 1.54) is 0 Å². The van der Waals surface area contributed by atoms with Gasteiger partial charge in [-0.2, -0.15) is 0 Å². The summed E-state index contributed by atoms with van der Waals surface area (Å²) in [5, 5.41) is 3.73. The Labute approximate surface area is 107 Å². The molecule has 6 nitrogen and oxygen atoms in total. The lowest BCUT2D eigenvalue weighted by Crippen LogP contribution is -2.39. The van der Waals surface area contributed by atoms with E-state index < -0.39 is 0 Å². The molecule has 1 heterocycles. The van der Waals surface area contributed by atoms with Crippen molar-refractivity contribution in [3.05, 3.63) is 17.5 Å². The van der Waals surface area contributed by atoms with Crippen LogP contribution in [0.15, 0.2) is 10.6 Å². The smallest absolute Gasteiger partial charge is 0.275 e. The topological polar surface area (TPSA) is 81.6 Å². The molecule has 0 aliphatic rings. The van der Waals surface area contributed by atoms with E-state index in [9.17, 15) is 4.79 Å². The number of carbonyl (C=O) groups excluding carboxylic acids is 1. The molecule has 0 aliphatic heterocycles. The van der Waals surface area contributed by atoms with Crippen LogP contribution >= 0.6 is 0 Å². The average molecular weight is 255 g/mol. The van der Waals surface area contributed by atoms with Gasteiger partial charge in [0.05, 0.1) is 0 Å². The highest BCUT2D eigenvalue weighted by atomic mass is 16.5. The van der Waals surface area contributed by atoms with E-state index >= 15 is 0 Å². The van der Waals surface area contributed by atoms with Gasteiger partial charge in [0.15, 0.2) is 11.5 Å². The molecule has 0 saturated carbocycles. The summed E-state index contributed by atoms with van der Waals surface area (Å²) in [6.07, 6.45) is 0. The number of nitrogens with two attached hydrogens (primary N) is 1. The van der Waals surface area contributed by atoms with Crippen molar-refractivity contribution in [2.75, 3.05) is 27.2 Å². The Morgan fingerprint density at radius 3 is 2.83 bits per heavy atom. The first-order valence-electron chi connectivity index (χ1n) is 5.79. The Balaban J connectivity index is 2.68. The first-order valence-corrected chi connectivity index (χ1v) is 5.79. The van der Waals surface area contributed by atoms with Gasteiger partial charge in [0.1, 0.15) is 6.61 Å². The van der Waals surface area contributed by atoms with Gasteiger partial charge >= 0.3 is 0 Å². The number of nitrogens with zero attached hydrogens (tertiary/aromatic N) is 2. The van der Waals surface area contributed by atoms with Gasteiger partial charge in [-0.25, -0.2) is 0 Å². The molecule has 0 fully saturated rings. The number of amides is 1. The minimum absolute atomic E-state index is 0.122. The second kappa shape index (κ2) is 5.97. The fourth-order valence-electron chi connectivity index (χ4n) is 1.60. The molecule has 6 heteroatoms.